The van der Waals surface area contributed by atoms with Crippen LogP contribution in [0.2, 0.25) is 0 Å². The summed E-state index contributed by atoms with van der Waals surface area (Å²) in [5.74, 6) is -1.87. The van der Waals surface area contributed by atoms with Crippen LogP contribution in [-0.2, 0) is 22.2 Å². The molecule has 3 aromatic rings. The fraction of sp³-hybridized carbons (Fsp3) is 0.486. The molecule has 1 aromatic carbocycles. The van der Waals surface area contributed by atoms with Crippen molar-refractivity contribution < 1.29 is 32.7 Å². The van der Waals surface area contributed by atoms with E-state index in [9.17, 15) is 27.6 Å². The van der Waals surface area contributed by atoms with Crippen molar-refractivity contribution in [3.05, 3.63) is 65.4 Å². The van der Waals surface area contributed by atoms with Gasteiger partial charge in [-0.3, -0.25) is 9.59 Å². The molecule has 0 aliphatic carbocycles. The van der Waals surface area contributed by atoms with Crippen molar-refractivity contribution in [3.8, 4) is 6.07 Å². The standard InChI is InChI=1S/C35H41F3N10O4/c36-35(37,38)34-45-29(20-30(46-34)48-16-2-4-27(48)32(50)42-13-10-24-6-8-25(21-39)9-7-24)47-17-11-23(12-18-47)3-1-5-31(49)41-15-14-40-28-19-26(33(51)52)43-22-44-28/h6-9,19-20,22-23,27H,1-5,10-18H2,(H,41,49)(H,42,50)(H,51,52)(H,40,43,44). The molecule has 2 saturated heterocycles. The van der Waals surface area contributed by atoms with E-state index < -0.39 is 24.0 Å². The number of anilines is 3. The zero-order valence-electron chi connectivity index (χ0n) is 28.5. The van der Waals surface area contributed by atoms with Crippen molar-refractivity contribution in [2.24, 2.45) is 5.92 Å². The van der Waals surface area contributed by atoms with Crippen LogP contribution < -0.4 is 25.8 Å². The van der Waals surface area contributed by atoms with Crippen molar-refractivity contribution in [2.45, 2.75) is 63.6 Å². The summed E-state index contributed by atoms with van der Waals surface area (Å²) in [6.07, 6.45) is 1.32. The number of carboxylic acids is 1. The monoisotopic (exact) mass is 722 g/mol. The summed E-state index contributed by atoms with van der Waals surface area (Å²) in [5, 5.41) is 26.7. The number of hydrogen-bond donors (Lipinski definition) is 4. The first kappa shape index (κ1) is 37.7. The van der Waals surface area contributed by atoms with Crippen LogP contribution >= 0.6 is 0 Å². The number of carbonyl (C=O) groups excluding carboxylic acids is 2. The van der Waals surface area contributed by atoms with Gasteiger partial charge in [0.1, 0.15) is 29.8 Å². The molecule has 52 heavy (non-hydrogen) atoms. The molecular weight excluding hydrogens is 681 g/mol. The second kappa shape index (κ2) is 17.6. The number of alkyl halides is 3. The minimum atomic E-state index is -4.77. The molecule has 0 saturated carbocycles. The van der Waals surface area contributed by atoms with E-state index in [4.69, 9.17) is 10.4 Å². The highest BCUT2D eigenvalue weighted by Crippen LogP contribution is 2.34. The Morgan fingerprint density at radius 2 is 1.69 bits per heavy atom. The summed E-state index contributed by atoms with van der Waals surface area (Å²) in [5.41, 5.74) is 1.36. The van der Waals surface area contributed by atoms with Gasteiger partial charge < -0.3 is 30.9 Å². The van der Waals surface area contributed by atoms with Gasteiger partial charge in [-0.2, -0.15) is 18.4 Å². The molecule has 276 valence electrons. The van der Waals surface area contributed by atoms with Crippen LogP contribution in [0.25, 0.3) is 0 Å². The molecule has 1 unspecified atom stereocenters. The lowest BCUT2D eigenvalue weighted by atomic mass is 9.91. The van der Waals surface area contributed by atoms with Crippen LogP contribution in [0.4, 0.5) is 30.6 Å². The summed E-state index contributed by atoms with van der Waals surface area (Å²) in [7, 11) is 0. The zero-order valence-corrected chi connectivity index (χ0v) is 28.5. The molecule has 2 aliphatic heterocycles. The predicted molar refractivity (Wildman–Crippen MR) is 185 cm³/mol. The number of aromatic carboxylic acids is 1. The number of carbonyl (C=O) groups is 3. The van der Waals surface area contributed by atoms with E-state index in [1.54, 1.807) is 23.1 Å². The van der Waals surface area contributed by atoms with E-state index in [0.717, 1.165) is 31.2 Å². The van der Waals surface area contributed by atoms with E-state index in [-0.39, 0.29) is 29.1 Å². The maximum absolute atomic E-state index is 14.0. The fourth-order valence-electron chi connectivity index (χ4n) is 6.42. The zero-order chi connectivity index (χ0) is 37.1. The van der Waals surface area contributed by atoms with E-state index >= 15 is 0 Å². The Labute approximate surface area is 298 Å². The van der Waals surface area contributed by atoms with Gasteiger partial charge in [-0.1, -0.05) is 12.1 Å². The number of amides is 2. The molecule has 2 fully saturated rings. The number of piperidine rings is 1. The van der Waals surface area contributed by atoms with Crippen molar-refractivity contribution in [3.63, 3.8) is 0 Å². The molecule has 4 N–H and O–H groups in total. The largest absolute Gasteiger partial charge is 0.477 e. The van der Waals surface area contributed by atoms with Gasteiger partial charge >= 0.3 is 12.1 Å². The number of aromatic nitrogens is 4. The van der Waals surface area contributed by atoms with Crippen molar-refractivity contribution >= 4 is 35.2 Å². The summed E-state index contributed by atoms with van der Waals surface area (Å²) in [6.45, 7) is 2.42. The van der Waals surface area contributed by atoms with Crippen LogP contribution in [0.5, 0.6) is 0 Å². The number of carboxylic acid groups (broad SMARTS) is 1. The van der Waals surface area contributed by atoms with E-state index in [1.165, 1.54) is 6.07 Å². The number of nitrogens with one attached hydrogen (secondary N) is 3. The van der Waals surface area contributed by atoms with Crippen molar-refractivity contribution in [1.82, 2.24) is 30.6 Å². The third-order valence-electron chi connectivity index (χ3n) is 9.19. The van der Waals surface area contributed by atoms with E-state index in [1.807, 2.05) is 17.0 Å². The van der Waals surface area contributed by atoms with Crippen molar-refractivity contribution in [2.75, 3.05) is 54.4 Å². The second-order valence-electron chi connectivity index (χ2n) is 12.8. The lowest BCUT2D eigenvalue weighted by Gasteiger charge is -2.34. The smallest absolute Gasteiger partial charge is 0.451 e. The van der Waals surface area contributed by atoms with Crippen LogP contribution in [0, 0.1) is 17.2 Å². The summed E-state index contributed by atoms with van der Waals surface area (Å²) < 4.78 is 42.0. The van der Waals surface area contributed by atoms with Crippen molar-refractivity contribution in [1.29, 1.82) is 5.26 Å². The Morgan fingerprint density at radius 3 is 2.40 bits per heavy atom. The number of nitriles is 1. The average Bonchev–Trinajstić information content (AvgIpc) is 3.64. The highest BCUT2D eigenvalue weighted by atomic mass is 19.4. The first-order chi connectivity index (χ1) is 25.0. The van der Waals surface area contributed by atoms with Gasteiger partial charge in [-0.25, -0.2) is 24.7 Å². The second-order valence-corrected chi connectivity index (χ2v) is 12.8. The fourth-order valence-corrected chi connectivity index (χ4v) is 6.42. The molecule has 0 spiro atoms. The van der Waals surface area contributed by atoms with Gasteiger partial charge in [0.05, 0.1) is 11.6 Å². The molecule has 2 amide bonds. The normalized spacial score (nSPS) is 16.3. The van der Waals surface area contributed by atoms with Crippen LogP contribution in [0.3, 0.4) is 0 Å². The summed E-state index contributed by atoms with van der Waals surface area (Å²) >= 11 is 0. The first-order valence-corrected chi connectivity index (χ1v) is 17.3. The number of nitrogens with zero attached hydrogens (tertiary/aromatic N) is 7. The Bertz CT molecular complexity index is 1740. The number of halogens is 3. The Morgan fingerprint density at radius 1 is 0.942 bits per heavy atom. The van der Waals surface area contributed by atoms with Gasteiger partial charge in [0.25, 0.3) is 0 Å². The molecular formula is C35H41F3N10O4. The van der Waals surface area contributed by atoms with Gasteiger partial charge in [-0.15, -0.1) is 0 Å². The highest BCUT2D eigenvalue weighted by molar-refractivity contribution is 5.86. The van der Waals surface area contributed by atoms with Gasteiger partial charge in [0, 0.05) is 57.8 Å². The molecule has 14 nitrogen and oxygen atoms in total. The Hall–Kier alpha value is -5.53. The third kappa shape index (κ3) is 10.5. The maximum Gasteiger partial charge on any atom is 0.451 e. The molecule has 4 heterocycles. The average molecular weight is 723 g/mol. The minimum absolute atomic E-state index is 0.0763. The number of hydrogen-bond acceptors (Lipinski definition) is 11. The molecule has 0 radical (unpaired) electrons. The Balaban J connectivity index is 1.08. The molecule has 17 heteroatoms. The number of benzene rings is 1. The highest BCUT2D eigenvalue weighted by Gasteiger charge is 2.39. The molecule has 2 aliphatic rings. The number of rotatable bonds is 15. The van der Waals surface area contributed by atoms with Gasteiger partial charge in [0.2, 0.25) is 17.6 Å². The first-order valence-electron chi connectivity index (χ1n) is 17.3. The maximum atomic E-state index is 14.0. The molecule has 5 rings (SSSR count). The quantitative estimate of drug-likeness (QED) is 0.166. The van der Waals surface area contributed by atoms with Crippen LogP contribution in [0.15, 0.2) is 42.7 Å². The topological polar surface area (TPSA) is 189 Å². The van der Waals surface area contributed by atoms with E-state index in [0.29, 0.717) is 88.7 Å². The molecule has 0 bridgehead atoms. The Kier molecular flexibility index (Phi) is 12.8. The third-order valence-corrected chi connectivity index (χ3v) is 9.19. The molecule has 1 atom stereocenters. The minimum Gasteiger partial charge on any atom is -0.477 e. The molecule has 2 aromatic heterocycles. The van der Waals surface area contributed by atoms with Crippen LogP contribution in [-0.4, -0.2) is 88.1 Å². The summed E-state index contributed by atoms with van der Waals surface area (Å²) in [6, 6.07) is 11.3. The van der Waals surface area contributed by atoms with Gasteiger partial charge in [0.15, 0.2) is 5.69 Å². The van der Waals surface area contributed by atoms with Gasteiger partial charge in [-0.05, 0) is 68.6 Å². The van der Waals surface area contributed by atoms with Crippen LogP contribution in [0.1, 0.15) is 72.4 Å². The lowest BCUT2D eigenvalue weighted by molar-refractivity contribution is -0.144. The summed E-state index contributed by atoms with van der Waals surface area (Å²) in [4.78, 5) is 55.4. The SMILES string of the molecule is N#Cc1ccc(CCNC(=O)C2CCCN2c2cc(N3CCC(CCCC(=O)NCCNc4cc(C(=O)O)ncn4)CC3)nc(C(F)(F)F)n2)cc1. The van der Waals surface area contributed by atoms with E-state index in [2.05, 4.69) is 42.0 Å². The lowest BCUT2D eigenvalue weighted by Crippen LogP contribution is -2.44. The predicted octanol–water partition coefficient (Wildman–Crippen LogP) is 3.80.